The Hall–Kier alpha value is -5.17. The molecule has 4 aromatic heterocycles. The Morgan fingerprint density at radius 2 is 1.50 bits per heavy atom. The van der Waals surface area contributed by atoms with Crippen LogP contribution in [0.25, 0.3) is 81.5 Å². The van der Waals surface area contributed by atoms with Gasteiger partial charge in [0.05, 0.1) is 30.5 Å². The number of hydrogen-bond acceptors (Lipinski definition) is 4. The van der Waals surface area contributed by atoms with Crippen molar-refractivity contribution in [2.45, 2.75) is 51.7 Å². The van der Waals surface area contributed by atoms with Gasteiger partial charge in [0.15, 0.2) is 0 Å². The second-order valence-corrected chi connectivity index (χ2v) is 22.5. The van der Waals surface area contributed by atoms with Crippen molar-refractivity contribution in [1.29, 1.82) is 0 Å². The molecule has 0 atom stereocenters. The molecule has 6 aromatic carbocycles. The number of imidazole rings is 1. The fourth-order valence-electron chi connectivity index (χ4n) is 8.73. The Kier molecular flexibility index (Phi) is 10.5. The number of rotatable bonds is 6. The van der Waals surface area contributed by atoms with E-state index in [0.717, 1.165) is 67.2 Å². The Bertz CT molecular complexity index is 3060. The molecule has 4 nitrogen and oxygen atoms in total. The van der Waals surface area contributed by atoms with E-state index in [1.165, 1.54) is 52.3 Å². The Balaban J connectivity index is 0.000000165. The molecule has 0 amide bonds. The van der Waals surface area contributed by atoms with E-state index >= 15 is 0 Å². The number of aromatic nitrogens is 3. The topological polar surface area (TPSA) is 43.9 Å². The molecule has 4 heterocycles. The number of para-hydroxylation sites is 3. The normalized spacial score (nSPS) is 13.4. The second-order valence-electron chi connectivity index (χ2n) is 16.3. The summed E-state index contributed by atoms with van der Waals surface area (Å²) in [5, 5.41) is 6.27. The molecule has 1 saturated carbocycles. The number of fused-ring (bicyclic) bond motifs is 7. The molecule has 0 saturated heterocycles. The molecule has 1 radical (unpaired) electrons. The van der Waals surface area contributed by atoms with Gasteiger partial charge in [0.25, 0.3) is 0 Å². The first-order valence-electron chi connectivity index (χ1n) is 20.1. The summed E-state index contributed by atoms with van der Waals surface area (Å²) in [5.41, 5.74) is 9.37. The molecule has 58 heavy (non-hydrogen) atoms. The molecule has 7 heteroatoms. The molecule has 1 fully saturated rings. The molecule has 0 spiro atoms. The number of thiophene rings is 1. The second kappa shape index (κ2) is 15.9. The Morgan fingerprint density at radius 3 is 2.33 bits per heavy atom. The summed E-state index contributed by atoms with van der Waals surface area (Å²) in [6, 6.07) is 53.0. The van der Waals surface area contributed by atoms with E-state index in [1.54, 1.807) is 10.8 Å². The molecule has 0 N–H and O–H groups in total. The van der Waals surface area contributed by atoms with Crippen LogP contribution in [0, 0.1) is 18.1 Å². The largest absolute Gasteiger partial charge is 0.501 e. The third-order valence-corrected chi connectivity index (χ3v) is 14.7. The maximum Gasteiger partial charge on any atom is 0.120 e. The predicted octanol–water partition coefficient (Wildman–Crippen LogP) is 13.6. The van der Waals surface area contributed by atoms with Crippen LogP contribution in [0.15, 0.2) is 144 Å². The van der Waals surface area contributed by atoms with E-state index in [2.05, 4.69) is 134 Å². The van der Waals surface area contributed by atoms with Crippen LogP contribution in [0.5, 0.6) is 0 Å². The molecule has 1 aliphatic rings. The molecular weight excluding hydrogens is 923 g/mol. The minimum absolute atomic E-state index is 0. The molecule has 0 unspecified atom stereocenters. The van der Waals surface area contributed by atoms with Gasteiger partial charge in [-0.25, -0.2) is 0 Å². The zero-order valence-electron chi connectivity index (χ0n) is 32.9. The van der Waals surface area contributed by atoms with E-state index in [4.69, 9.17) is 14.4 Å². The van der Waals surface area contributed by atoms with E-state index in [9.17, 15) is 0 Å². The molecule has 0 bridgehead atoms. The fourth-order valence-corrected chi connectivity index (χ4v) is 11.4. The molecule has 10 aromatic rings. The van der Waals surface area contributed by atoms with Gasteiger partial charge in [-0.05, 0) is 65.7 Å². The van der Waals surface area contributed by atoms with Crippen molar-refractivity contribution in [2.24, 2.45) is 5.92 Å². The SMILES string of the molecule is C[Si](C)(C)c1cnc(-c2[c-]cccc2)cc1CC1CCCC1.[Ir].[c-]1ccc2c(oc3ccccc32)c1-c1nc2ccccc2n1-c1ccc2sc3ccccc3c2c1. The Labute approximate surface area is 358 Å². The van der Waals surface area contributed by atoms with Crippen LogP contribution < -0.4 is 5.19 Å². The maximum atomic E-state index is 6.36. The molecule has 0 aliphatic heterocycles. The van der Waals surface area contributed by atoms with Gasteiger partial charge in [0, 0.05) is 57.5 Å². The summed E-state index contributed by atoms with van der Waals surface area (Å²) in [6.07, 6.45) is 9.03. The predicted molar refractivity (Wildman–Crippen MR) is 243 cm³/mol. The first-order valence-corrected chi connectivity index (χ1v) is 24.4. The summed E-state index contributed by atoms with van der Waals surface area (Å²) >= 11 is 1.83. The first kappa shape index (κ1) is 38.4. The summed E-state index contributed by atoms with van der Waals surface area (Å²) < 4.78 is 11.2. The number of hydrogen-bond donors (Lipinski definition) is 0. The smallest absolute Gasteiger partial charge is 0.120 e. The molecule has 11 rings (SSSR count). The van der Waals surface area contributed by atoms with Gasteiger partial charge >= 0.3 is 0 Å². The standard InChI is InChI=1S/C31H17N2OS.C20H26NSi.Ir/c1-5-14-27-20(8-1)22-10-7-11-23(30(22)34-27)31-32-25-12-3-4-13-26(25)33(31)19-16-17-29-24(18-19)21-9-2-6-15-28(21)35-29;1-22(2,3)20-15-21-19(17-11-5-4-6-12-17)14-18(20)13-16-9-7-8-10-16;/h1-10,12-18H;4-6,11,14-16H,7-10,13H2,1-3H3;/q2*-1;. The van der Waals surface area contributed by atoms with Crippen molar-refractivity contribution in [3.8, 4) is 28.3 Å². The van der Waals surface area contributed by atoms with Crippen LogP contribution in [0.4, 0.5) is 0 Å². The van der Waals surface area contributed by atoms with Gasteiger partial charge in [0.1, 0.15) is 5.58 Å². The van der Waals surface area contributed by atoms with Gasteiger partial charge in [-0.15, -0.1) is 65.4 Å². The van der Waals surface area contributed by atoms with Crippen molar-refractivity contribution >= 4 is 77.7 Å². The van der Waals surface area contributed by atoms with Gasteiger partial charge in [-0.1, -0.05) is 116 Å². The van der Waals surface area contributed by atoms with Crippen LogP contribution in [-0.2, 0) is 26.5 Å². The molecular formula is C51H43IrN3OSSi-2. The minimum atomic E-state index is -1.35. The summed E-state index contributed by atoms with van der Waals surface area (Å²) in [5.74, 6) is 1.71. The van der Waals surface area contributed by atoms with E-state index < -0.39 is 8.07 Å². The quantitative estimate of drug-likeness (QED) is 0.123. The van der Waals surface area contributed by atoms with Gasteiger partial charge in [0.2, 0.25) is 0 Å². The van der Waals surface area contributed by atoms with Crippen molar-refractivity contribution in [1.82, 2.24) is 14.5 Å². The maximum absolute atomic E-state index is 6.36. The van der Waals surface area contributed by atoms with E-state index in [0.29, 0.717) is 0 Å². The van der Waals surface area contributed by atoms with Gasteiger partial charge < -0.3 is 14.0 Å². The van der Waals surface area contributed by atoms with E-state index in [-0.39, 0.29) is 20.1 Å². The van der Waals surface area contributed by atoms with Crippen LogP contribution in [0.3, 0.4) is 0 Å². The van der Waals surface area contributed by atoms with Crippen molar-refractivity contribution in [2.75, 3.05) is 0 Å². The zero-order chi connectivity index (χ0) is 38.5. The zero-order valence-corrected chi connectivity index (χ0v) is 37.1. The average molecular weight is 966 g/mol. The summed E-state index contributed by atoms with van der Waals surface area (Å²) in [4.78, 5) is 9.84. The summed E-state index contributed by atoms with van der Waals surface area (Å²) in [6.45, 7) is 7.28. The third kappa shape index (κ3) is 7.15. The van der Waals surface area contributed by atoms with Crippen LogP contribution in [0.2, 0.25) is 19.6 Å². The number of pyridine rings is 1. The minimum Gasteiger partial charge on any atom is -0.501 e. The van der Waals surface area contributed by atoms with Crippen molar-refractivity contribution in [3.63, 3.8) is 0 Å². The molecule has 1 aliphatic carbocycles. The van der Waals surface area contributed by atoms with Crippen LogP contribution >= 0.6 is 11.3 Å². The number of furan rings is 1. The van der Waals surface area contributed by atoms with Crippen molar-refractivity contribution < 1.29 is 24.5 Å². The van der Waals surface area contributed by atoms with E-state index in [1.807, 2.05) is 53.8 Å². The third-order valence-electron chi connectivity index (χ3n) is 11.5. The van der Waals surface area contributed by atoms with Gasteiger partial charge in [-0.2, -0.15) is 0 Å². The monoisotopic (exact) mass is 966 g/mol. The van der Waals surface area contributed by atoms with Crippen molar-refractivity contribution in [3.05, 3.63) is 157 Å². The number of benzene rings is 6. The Morgan fingerprint density at radius 1 is 0.741 bits per heavy atom. The average Bonchev–Trinajstić information content (AvgIpc) is 4.05. The summed E-state index contributed by atoms with van der Waals surface area (Å²) in [7, 11) is -1.35. The van der Waals surface area contributed by atoms with Gasteiger partial charge in [-0.3, -0.25) is 4.98 Å². The number of nitrogens with zero attached hydrogens (tertiary/aromatic N) is 3. The first-order chi connectivity index (χ1) is 27.9. The molecule has 289 valence electrons. The van der Waals surface area contributed by atoms with Crippen LogP contribution in [0.1, 0.15) is 31.2 Å². The fraction of sp³-hybridized carbons (Fsp3) is 0.176. The van der Waals surface area contributed by atoms with Crippen LogP contribution in [-0.4, -0.2) is 22.6 Å².